The summed E-state index contributed by atoms with van der Waals surface area (Å²) >= 11 is 0. The highest BCUT2D eigenvalue weighted by atomic mass is 16.5. The molecule has 0 saturated carbocycles. The maximum absolute atomic E-state index is 11.2. The van der Waals surface area contributed by atoms with Gasteiger partial charge in [0.2, 0.25) is 0 Å². The summed E-state index contributed by atoms with van der Waals surface area (Å²) in [6.07, 6.45) is 1.98. The number of rotatable bonds is 1. The van der Waals surface area contributed by atoms with Gasteiger partial charge in [-0.15, -0.1) is 0 Å². The van der Waals surface area contributed by atoms with Crippen molar-refractivity contribution in [3.8, 4) is 0 Å². The average molecular weight is 171 g/mol. The first kappa shape index (κ1) is 9.03. The molecule has 0 bridgehead atoms. The third-order valence-electron chi connectivity index (χ3n) is 1.84. The number of nitrogens with zero attached hydrogens (tertiary/aromatic N) is 1. The molecule has 1 fully saturated rings. The van der Waals surface area contributed by atoms with Crippen LogP contribution < -0.4 is 0 Å². The summed E-state index contributed by atoms with van der Waals surface area (Å²) in [5.74, 6) is -1.21. The van der Waals surface area contributed by atoms with Crippen molar-refractivity contribution in [1.82, 2.24) is 4.90 Å². The summed E-state index contributed by atoms with van der Waals surface area (Å²) in [7, 11) is 0. The quantitative estimate of drug-likeness (QED) is 0.417. The lowest BCUT2D eigenvalue weighted by Crippen LogP contribution is -2.35. The maximum Gasteiger partial charge on any atom is 0.397 e. The van der Waals surface area contributed by atoms with E-state index < -0.39 is 11.9 Å². The van der Waals surface area contributed by atoms with Crippen LogP contribution in [0.5, 0.6) is 0 Å². The molecule has 1 aliphatic rings. The number of likely N-dealkylation sites (tertiary alicyclic amines) is 1. The second kappa shape index (κ2) is 4.09. The van der Waals surface area contributed by atoms with Crippen molar-refractivity contribution < 1.29 is 14.3 Å². The molecule has 0 aliphatic carbocycles. The standard InChI is InChI=1S/C8H13NO3/c1-2-12-8(11)7(10)9-5-3-4-6-9/h2-6H2,1H3. The van der Waals surface area contributed by atoms with Crippen LogP contribution >= 0.6 is 0 Å². The van der Waals surface area contributed by atoms with Gasteiger partial charge >= 0.3 is 11.9 Å². The molecule has 1 saturated heterocycles. The number of ether oxygens (including phenoxy) is 1. The van der Waals surface area contributed by atoms with E-state index in [9.17, 15) is 9.59 Å². The van der Waals surface area contributed by atoms with Crippen molar-refractivity contribution in [2.75, 3.05) is 19.7 Å². The fourth-order valence-electron chi connectivity index (χ4n) is 1.24. The third kappa shape index (κ3) is 1.96. The van der Waals surface area contributed by atoms with Gasteiger partial charge in [-0.3, -0.25) is 4.79 Å². The van der Waals surface area contributed by atoms with Crippen LogP contribution in [0.2, 0.25) is 0 Å². The number of hydrogen-bond acceptors (Lipinski definition) is 3. The smallest absolute Gasteiger partial charge is 0.397 e. The number of carbonyl (C=O) groups is 2. The molecule has 68 valence electrons. The fraction of sp³-hybridized carbons (Fsp3) is 0.750. The Labute approximate surface area is 71.5 Å². The lowest BCUT2D eigenvalue weighted by atomic mass is 10.4. The summed E-state index contributed by atoms with van der Waals surface area (Å²) in [4.78, 5) is 23.6. The molecule has 1 aliphatic heterocycles. The number of amides is 1. The molecule has 0 unspecified atom stereocenters. The summed E-state index contributed by atoms with van der Waals surface area (Å²) in [5, 5.41) is 0. The van der Waals surface area contributed by atoms with Gasteiger partial charge in [-0.1, -0.05) is 0 Å². The Morgan fingerprint density at radius 1 is 1.33 bits per heavy atom. The molecule has 4 heteroatoms. The molecular formula is C8H13NO3. The van der Waals surface area contributed by atoms with Gasteiger partial charge in [-0.05, 0) is 19.8 Å². The molecule has 12 heavy (non-hydrogen) atoms. The Morgan fingerprint density at radius 3 is 2.42 bits per heavy atom. The molecule has 1 rings (SSSR count). The van der Waals surface area contributed by atoms with E-state index in [2.05, 4.69) is 4.74 Å². The molecule has 0 radical (unpaired) electrons. The largest absolute Gasteiger partial charge is 0.459 e. The van der Waals surface area contributed by atoms with E-state index >= 15 is 0 Å². The zero-order valence-electron chi connectivity index (χ0n) is 7.21. The average Bonchev–Trinajstić information content (AvgIpc) is 2.55. The van der Waals surface area contributed by atoms with Crippen molar-refractivity contribution in [3.05, 3.63) is 0 Å². The Balaban J connectivity index is 2.40. The van der Waals surface area contributed by atoms with E-state index in [0.717, 1.165) is 12.8 Å². The van der Waals surface area contributed by atoms with Gasteiger partial charge in [0.25, 0.3) is 0 Å². The second-order valence-electron chi connectivity index (χ2n) is 2.72. The van der Waals surface area contributed by atoms with Crippen LogP contribution in [0.1, 0.15) is 19.8 Å². The minimum atomic E-state index is -0.723. The topological polar surface area (TPSA) is 46.6 Å². The molecule has 0 N–H and O–H groups in total. The lowest BCUT2D eigenvalue weighted by Gasteiger charge is -2.12. The minimum Gasteiger partial charge on any atom is -0.459 e. The van der Waals surface area contributed by atoms with Crippen LogP contribution in [0, 0.1) is 0 Å². The number of hydrogen-bond donors (Lipinski definition) is 0. The van der Waals surface area contributed by atoms with E-state index in [1.165, 1.54) is 4.90 Å². The minimum absolute atomic E-state index is 0.262. The van der Waals surface area contributed by atoms with Crippen LogP contribution in [0.15, 0.2) is 0 Å². The Kier molecular flexibility index (Phi) is 3.08. The molecule has 4 nitrogen and oxygen atoms in total. The molecule has 0 aromatic carbocycles. The van der Waals surface area contributed by atoms with Gasteiger partial charge in [0.15, 0.2) is 0 Å². The molecule has 1 heterocycles. The Bertz CT molecular complexity index is 185. The molecule has 1 amide bonds. The summed E-state index contributed by atoms with van der Waals surface area (Å²) in [6.45, 7) is 3.34. The van der Waals surface area contributed by atoms with Crippen LogP contribution in [-0.4, -0.2) is 36.5 Å². The lowest BCUT2D eigenvalue weighted by molar-refractivity contribution is -0.159. The van der Waals surface area contributed by atoms with Gasteiger partial charge in [0, 0.05) is 13.1 Å². The van der Waals surface area contributed by atoms with Crippen molar-refractivity contribution in [2.45, 2.75) is 19.8 Å². The monoisotopic (exact) mass is 171 g/mol. The Hall–Kier alpha value is -1.06. The van der Waals surface area contributed by atoms with E-state index in [-0.39, 0.29) is 6.61 Å². The summed E-state index contributed by atoms with van der Waals surface area (Å²) in [5.41, 5.74) is 0. The highest BCUT2D eigenvalue weighted by Crippen LogP contribution is 2.07. The van der Waals surface area contributed by atoms with Gasteiger partial charge in [-0.25, -0.2) is 4.79 Å². The highest BCUT2D eigenvalue weighted by molar-refractivity contribution is 6.32. The number of carbonyl (C=O) groups excluding carboxylic acids is 2. The SMILES string of the molecule is CCOC(=O)C(=O)N1CCCC1. The normalized spacial score (nSPS) is 16.2. The van der Waals surface area contributed by atoms with Crippen LogP contribution in [-0.2, 0) is 14.3 Å². The van der Waals surface area contributed by atoms with Gasteiger partial charge in [-0.2, -0.15) is 0 Å². The van der Waals surface area contributed by atoms with Gasteiger partial charge in [0.05, 0.1) is 6.61 Å². The van der Waals surface area contributed by atoms with Crippen LogP contribution in [0.4, 0.5) is 0 Å². The molecule has 0 aromatic rings. The number of esters is 1. The second-order valence-corrected chi connectivity index (χ2v) is 2.72. The van der Waals surface area contributed by atoms with Gasteiger partial charge < -0.3 is 9.64 Å². The Morgan fingerprint density at radius 2 is 1.92 bits per heavy atom. The summed E-state index contributed by atoms with van der Waals surface area (Å²) in [6, 6.07) is 0. The molecular weight excluding hydrogens is 158 g/mol. The first-order chi connectivity index (χ1) is 5.75. The fourth-order valence-corrected chi connectivity index (χ4v) is 1.24. The van der Waals surface area contributed by atoms with Crippen LogP contribution in [0.25, 0.3) is 0 Å². The van der Waals surface area contributed by atoms with E-state index in [4.69, 9.17) is 0 Å². The van der Waals surface area contributed by atoms with Crippen molar-refractivity contribution >= 4 is 11.9 Å². The predicted octanol–water partition coefficient (Wildman–Crippen LogP) is 0.172. The zero-order valence-corrected chi connectivity index (χ0v) is 7.21. The van der Waals surface area contributed by atoms with E-state index in [0.29, 0.717) is 13.1 Å². The molecule has 0 aromatic heterocycles. The third-order valence-corrected chi connectivity index (χ3v) is 1.84. The van der Waals surface area contributed by atoms with E-state index in [1.54, 1.807) is 6.92 Å². The predicted molar refractivity (Wildman–Crippen MR) is 42.4 cm³/mol. The highest BCUT2D eigenvalue weighted by Gasteiger charge is 2.25. The first-order valence-electron chi connectivity index (χ1n) is 4.21. The summed E-state index contributed by atoms with van der Waals surface area (Å²) < 4.78 is 4.59. The molecule has 0 spiro atoms. The van der Waals surface area contributed by atoms with Crippen molar-refractivity contribution in [2.24, 2.45) is 0 Å². The first-order valence-corrected chi connectivity index (χ1v) is 4.21. The van der Waals surface area contributed by atoms with Crippen LogP contribution in [0.3, 0.4) is 0 Å². The van der Waals surface area contributed by atoms with Gasteiger partial charge in [0.1, 0.15) is 0 Å². The van der Waals surface area contributed by atoms with E-state index in [1.807, 2.05) is 0 Å². The maximum atomic E-state index is 11.2. The van der Waals surface area contributed by atoms with Crippen molar-refractivity contribution in [3.63, 3.8) is 0 Å². The molecule has 0 atom stereocenters. The zero-order chi connectivity index (χ0) is 8.97. The van der Waals surface area contributed by atoms with Crippen molar-refractivity contribution in [1.29, 1.82) is 0 Å².